The van der Waals surface area contributed by atoms with E-state index in [9.17, 15) is 5.11 Å². The van der Waals surface area contributed by atoms with E-state index in [0.717, 1.165) is 6.54 Å². The summed E-state index contributed by atoms with van der Waals surface area (Å²) in [6, 6.07) is 1.75. The number of aromatic hydroxyl groups is 1. The standard InChI is InChI=1S/C11H19NOS.ClH/c1-2-3-4-5-6-7-9-12-11(13)8-10-14-12;/h8,10H,2-7,9H2,1H3;1H. The van der Waals surface area contributed by atoms with E-state index in [1.165, 1.54) is 38.5 Å². The Morgan fingerprint density at radius 2 is 1.87 bits per heavy atom. The molecule has 4 heteroatoms. The molecule has 15 heavy (non-hydrogen) atoms. The van der Waals surface area contributed by atoms with Gasteiger partial charge in [-0.25, -0.2) is 0 Å². The molecule has 1 aromatic rings. The van der Waals surface area contributed by atoms with Crippen molar-refractivity contribution in [2.24, 2.45) is 0 Å². The molecule has 0 bridgehead atoms. The molecule has 1 heterocycles. The summed E-state index contributed by atoms with van der Waals surface area (Å²) in [4.78, 5) is 0. The number of aryl methyl sites for hydroxylation is 1. The molecule has 1 N–H and O–H groups in total. The van der Waals surface area contributed by atoms with Gasteiger partial charge in [0, 0.05) is 6.42 Å². The highest BCUT2D eigenvalue weighted by molar-refractivity contribution is 6.99. The lowest BCUT2D eigenvalue weighted by molar-refractivity contribution is -0.636. The van der Waals surface area contributed by atoms with Gasteiger partial charge in [0.05, 0.1) is 11.4 Å². The van der Waals surface area contributed by atoms with Gasteiger partial charge in [0.2, 0.25) is 0 Å². The molecule has 0 saturated carbocycles. The van der Waals surface area contributed by atoms with Crippen molar-refractivity contribution >= 4 is 11.5 Å². The zero-order valence-electron chi connectivity index (χ0n) is 9.29. The fourth-order valence-electron chi connectivity index (χ4n) is 1.50. The lowest BCUT2D eigenvalue weighted by Crippen LogP contribution is -3.00. The lowest BCUT2D eigenvalue weighted by atomic mass is 10.1. The van der Waals surface area contributed by atoms with Crippen molar-refractivity contribution in [1.82, 2.24) is 0 Å². The molecule has 0 saturated heterocycles. The number of rotatable bonds is 7. The Kier molecular flexibility index (Phi) is 8.82. The van der Waals surface area contributed by atoms with Crippen LogP contribution in [0.4, 0.5) is 0 Å². The predicted octanol–water partition coefficient (Wildman–Crippen LogP) is 0.106. The highest BCUT2D eigenvalue weighted by Crippen LogP contribution is 2.08. The van der Waals surface area contributed by atoms with Crippen molar-refractivity contribution in [1.29, 1.82) is 0 Å². The SMILES string of the molecule is CCCCCCCC[n+]1sccc1O.[Cl-]. The first-order chi connectivity index (χ1) is 6.84. The lowest BCUT2D eigenvalue weighted by Gasteiger charge is -1.96. The molecule has 0 unspecified atom stereocenters. The Bertz CT molecular complexity index is 252. The van der Waals surface area contributed by atoms with Crippen molar-refractivity contribution in [3.05, 3.63) is 11.4 Å². The smallest absolute Gasteiger partial charge is 0.379 e. The quantitative estimate of drug-likeness (QED) is 0.538. The van der Waals surface area contributed by atoms with Gasteiger partial charge in [0.1, 0.15) is 11.5 Å². The molecule has 88 valence electrons. The average Bonchev–Trinajstić information content (AvgIpc) is 2.58. The summed E-state index contributed by atoms with van der Waals surface area (Å²) in [5.41, 5.74) is 0. The van der Waals surface area contributed by atoms with Crippen LogP contribution < -0.4 is 16.4 Å². The molecule has 0 aliphatic heterocycles. The van der Waals surface area contributed by atoms with Crippen LogP contribution in [0.15, 0.2) is 11.4 Å². The summed E-state index contributed by atoms with van der Waals surface area (Å²) in [6.07, 6.45) is 7.82. The van der Waals surface area contributed by atoms with E-state index in [1.807, 2.05) is 9.34 Å². The van der Waals surface area contributed by atoms with Gasteiger partial charge >= 0.3 is 5.88 Å². The first kappa shape index (κ1) is 14.7. The molecule has 2 nitrogen and oxygen atoms in total. The van der Waals surface area contributed by atoms with E-state index >= 15 is 0 Å². The average molecular weight is 250 g/mol. The number of nitrogens with zero attached hydrogens (tertiary/aromatic N) is 1. The van der Waals surface area contributed by atoms with Gasteiger partial charge in [-0.1, -0.05) is 32.6 Å². The van der Waals surface area contributed by atoms with Crippen LogP contribution in [0.5, 0.6) is 5.88 Å². The number of unbranched alkanes of at least 4 members (excludes halogenated alkanes) is 5. The van der Waals surface area contributed by atoms with Crippen molar-refractivity contribution in [3.8, 4) is 5.88 Å². The molecule has 0 aliphatic carbocycles. The minimum atomic E-state index is 0. The van der Waals surface area contributed by atoms with Gasteiger partial charge in [0.15, 0.2) is 6.54 Å². The second-order valence-corrected chi connectivity index (χ2v) is 4.56. The second kappa shape index (κ2) is 8.98. The van der Waals surface area contributed by atoms with E-state index in [4.69, 9.17) is 0 Å². The van der Waals surface area contributed by atoms with Gasteiger partial charge in [0.25, 0.3) is 0 Å². The Hall–Kier alpha value is -0.280. The van der Waals surface area contributed by atoms with Gasteiger partial charge in [-0.3, -0.25) is 0 Å². The Morgan fingerprint density at radius 3 is 2.47 bits per heavy atom. The summed E-state index contributed by atoms with van der Waals surface area (Å²) >= 11 is 1.58. The van der Waals surface area contributed by atoms with Crippen molar-refractivity contribution < 1.29 is 21.5 Å². The second-order valence-electron chi connectivity index (χ2n) is 3.64. The zero-order valence-corrected chi connectivity index (χ0v) is 10.9. The fourth-order valence-corrected chi connectivity index (χ4v) is 2.24. The van der Waals surface area contributed by atoms with Crippen LogP contribution in [0.1, 0.15) is 45.4 Å². The van der Waals surface area contributed by atoms with Crippen molar-refractivity contribution in [2.45, 2.75) is 52.0 Å². The number of halogens is 1. The molecular formula is C11H20ClNOS. The summed E-state index contributed by atoms with van der Waals surface area (Å²) in [5, 5.41) is 11.3. The first-order valence-corrected chi connectivity index (χ1v) is 6.35. The minimum Gasteiger partial charge on any atom is -1.00 e. The molecule has 0 radical (unpaired) electrons. The third-order valence-electron chi connectivity index (χ3n) is 2.38. The molecule has 1 rings (SSSR count). The monoisotopic (exact) mass is 249 g/mol. The molecule has 0 aromatic carbocycles. The van der Waals surface area contributed by atoms with Gasteiger partial charge in [-0.2, -0.15) is 0 Å². The Labute approximate surface area is 103 Å². The number of hydrogen-bond acceptors (Lipinski definition) is 2. The third-order valence-corrected chi connectivity index (χ3v) is 3.26. The van der Waals surface area contributed by atoms with Crippen LogP contribution in [0.3, 0.4) is 0 Å². The maximum absolute atomic E-state index is 9.36. The molecule has 0 fully saturated rings. The number of hydrogen-bond donors (Lipinski definition) is 1. The third kappa shape index (κ3) is 6.00. The highest BCUT2D eigenvalue weighted by atomic mass is 35.5. The zero-order chi connectivity index (χ0) is 10.2. The summed E-state index contributed by atoms with van der Waals surface area (Å²) in [6.45, 7) is 3.20. The first-order valence-electron chi connectivity index (χ1n) is 5.51. The van der Waals surface area contributed by atoms with Crippen molar-refractivity contribution in [3.63, 3.8) is 0 Å². The van der Waals surface area contributed by atoms with Crippen LogP contribution in [0.2, 0.25) is 0 Å². The molecule has 0 spiro atoms. The number of aromatic nitrogens is 1. The summed E-state index contributed by atoms with van der Waals surface area (Å²) in [5.74, 6) is 0.406. The minimum absolute atomic E-state index is 0. The van der Waals surface area contributed by atoms with Crippen molar-refractivity contribution in [2.75, 3.05) is 0 Å². The van der Waals surface area contributed by atoms with Gasteiger partial charge in [-0.05, 0) is 6.42 Å². The van der Waals surface area contributed by atoms with E-state index < -0.39 is 0 Å². The predicted molar refractivity (Wildman–Crippen MR) is 59.6 cm³/mol. The van der Waals surface area contributed by atoms with Gasteiger partial charge in [-0.15, -0.1) is 3.96 Å². The largest absolute Gasteiger partial charge is 1.00 e. The summed E-state index contributed by atoms with van der Waals surface area (Å²) in [7, 11) is 0. The molecular weight excluding hydrogens is 230 g/mol. The molecule has 1 aromatic heterocycles. The summed E-state index contributed by atoms with van der Waals surface area (Å²) < 4.78 is 1.94. The van der Waals surface area contributed by atoms with Crippen LogP contribution in [0, 0.1) is 0 Å². The Balaban J connectivity index is 0.00000196. The van der Waals surface area contributed by atoms with E-state index in [-0.39, 0.29) is 12.4 Å². The van der Waals surface area contributed by atoms with Crippen LogP contribution in [-0.2, 0) is 6.54 Å². The van der Waals surface area contributed by atoms with E-state index in [0.29, 0.717) is 5.88 Å². The maximum atomic E-state index is 9.36. The normalized spacial score (nSPS) is 9.93. The maximum Gasteiger partial charge on any atom is 0.379 e. The molecule has 0 amide bonds. The highest BCUT2D eigenvalue weighted by Gasteiger charge is 2.09. The molecule has 0 aliphatic rings. The topological polar surface area (TPSA) is 24.1 Å². The van der Waals surface area contributed by atoms with Crippen LogP contribution >= 0.6 is 11.5 Å². The van der Waals surface area contributed by atoms with Crippen LogP contribution in [-0.4, -0.2) is 5.11 Å². The van der Waals surface area contributed by atoms with Gasteiger partial charge < -0.3 is 17.5 Å². The van der Waals surface area contributed by atoms with E-state index in [1.54, 1.807) is 17.6 Å². The fraction of sp³-hybridized carbons (Fsp3) is 0.727. The molecule has 0 atom stereocenters. The van der Waals surface area contributed by atoms with Crippen LogP contribution in [0.25, 0.3) is 0 Å². The van der Waals surface area contributed by atoms with E-state index in [2.05, 4.69) is 6.92 Å². The Morgan fingerprint density at radius 1 is 1.20 bits per heavy atom.